The Morgan fingerprint density at radius 1 is 1.15 bits per heavy atom. The summed E-state index contributed by atoms with van der Waals surface area (Å²) < 4.78 is 0. The molecular weight excluding hydrogens is 252 g/mol. The van der Waals surface area contributed by atoms with E-state index < -0.39 is 0 Å². The molecule has 0 bridgehead atoms. The van der Waals surface area contributed by atoms with Gasteiger partial charge in [0.1, 0.15) is 0 Å². The van der Waals surface area contributed by atoms with Crippen molar-refractivity contribution in [2.24, 2.45) is 5.73 Å². The van der Waals surface area contributed by atoms with Crippen LogP contribution in [0, 0.1) is 13.8 Å². The van der Waals surface area contributed by atoms with E-state index in [1.165, 1.54) is 0 Å². The Labute approximate surface area is 118 Å². The second kappa shape index (κ2) is 6.25. The molecule has 1 heterocycles. The van der Waals surface area contributed by atoms with Crippen molar-refractivity contribution >= 4 is 11.9 Å². The largest absolute Gasteiger partial charge is 0.330 e. The summed E-state index contributed by atoms with van der Waals surface area (Å²) in [6.07, 6.45) is 0.808. The maximum Gasteiger partial charge on any atom is 0.258 e. The van der Waals surface area contributed by atoms with Crippen LogP contribution in [0.4, 0.5) is 5.95 Å². The van der Waals surface area contributed by atoms with Crippen LogP contribution in [0.15, 0.2) is 30.3 Å². The first-order valence-corrected chi connectivity index (χ1v) is 6.51. The average Bonchev–Trinajstić information content (AvgIpc) is 2.38. The summed E-state index contributed by atoms with van der Waals surface area (Å²) in [7, 11) is 0. The van der Waals surface area contributed by atoms with E-state index in [0.29, 0.717) is 18.1 Å². The molecule has 5 heteroatoms. The maximum absolute atomic E-state index is 12.1. The molecule has 104 valence electrons. The summed E-state index contributed by atoms with van der Waals surface area (Å²) in [5.74, 6) is 0.118. The normalized spacial score (nSPS) is 10.3. The summed E-state index contributed by atoms with van der Waals surface area (Å²) in [4.78, 5) is 20.5. The van der Waals surface area contributed by atoms with Gasteiger partial charge in [0.2, 0.25) is 5.95 Å². The number of anilines is 1. The maximum atomic E-state index is 12.1. The van der Waals surface area contributed by atoms with Gasteiger partial charge in [-0.05, 0) is 50.6 Å². The minimum atomic E-state index is -0.214. The van der Waals surface area contributed by atoms with E-state index in [1.54, 1.807) is 12.1 Å². The van der Waals surface area contributed by atoms with Crippen LogP contribution in [0.25, 0.3) is 0 Å². The quantitative estimate of drug-likeness (QED) is 0.888. The molecule has 0 saturated heterocycles. The average molecular weight is 270 g/mol. The molecule has 2 aromatic rings. The molecule has 0 radical (unpaired) electrons. The Morgan fingerprint density at radius 2 is 1.75 bits per heavy atom. The summed E-state index contributed by atoms with van der Waals surface area (Å²) in [5.41, 5.74) is 8.84. The molecule has 0 unspecified atom stereocenters. The minimum absolute atomic E-state index is 0.214. The molecule has 0 atom stereocenters. The molecule has 0 spiro atoms. The van der Waals surface area contributed by atoms with E-state index in [1.807, 2.05) is 32.0 Å². The SMILES string of the molecule is Cc1cc(C)nc(NC(=O)c2ccc(CCN)cc2)n1. The third-order valence-electron chi connectivity index (χ3n) is 2.86. The molecule has 5 nitrogen and oxygen atoms in total. The molecule has 0 saturated carbocycles. The van der Waals surface area contributed by atoms with Crippen LogP contribution in [-0.4, -0.2) is 22.4 Å². The second-order valence-corrected chi connectivity index (χ2v) is 4.66. The van der Waals surface area contributed by atoms with Gasteiger partial charge in [-0.2, -0.15) is 0 Å². The van der Waals surface area contributed by atoms with Gasteiger partial charge in [-0.1, -0.05) is 12.1 Å². The molecule has 20 heavy (non-hydrogen) atoms. The van der Waals surface area contributed by atoms with E-state index in [4.69, 9.17) is 5.73 Å². The standard InChI is InChI=1S/C15H18N4O/c1-10-9-11(2)18-15(17-10)19-14(20)13-5-3-12(4-6-13)7-8-16/h3-6,9H,7-8,16H2,1-2H3,(H,17,18,19,20). The van der Waals surface area contributed by atoms with Gasteiger partial charge in [0, 0.05) is 17.0 Å². The van der Waals surface area contributed by atoms with Crippen LogP contribution >= 0.6 is 0 Å². The lowest BCUT2D eigenvalue weighted by Gasteiger charge is -2.06. The van der Waals surface area contributed by atoms with E-state index in [0.717, 1.165) is 23.4 Å². The lowest BCUT2D eigenvalue weighted by molar-refractivity contribution is 0.102. The van der Waals surface area contributed by atoms with Crippen molar-refractivity contribution in [2.75, 3.05) is 11.9 Å². The van der Waals surface area contributed by atoms with Gasteiger partial charge < -0.3 is 5.73 Å². The van der Waals surface area contributed by atoms with E-state index in [-0.39, 0.29) is 5.91 Å². The predicted molar refractivity (Wildman–Crippen MR) is 78.7 cm³/mol. The Balaban J connectivity index is 2.11. The zero-order valence-electron chi connectivity index (χ0n) is 11.7. The van der Waals surface area contributed by atoms with Gasteiger partial charge in [0.15, 0.2) is 0 Å². The number of nitrogens with one attached hydrogen (secondary N) is 1. The summed E-state index contributed by atoms with van der Waals surface area (Å²) in [5, 5.41) is 2.71. The number of benzene rings is 1. The first-order valence-electron chi connectivity index (χ1n) is 6.51. The van der Waals surface area contributed by atoms with E-state index in [2.05, 4.69) is 15.3 Å². The summed E-state index contributed by atoms with van der Waals surface area (Å²) >= 11 is 0. The van der Waals surface area contributed by atoms with Crippen molar-refractivity contribution in [3.05, 3.63) is 52.8 Å². The van der Waals surface area contributed by atoms with Crippen molar-refractivity contribution in [1.82, 2.24) is 9.97 Å². The van der Waals surface area contributed by atoms with Crippen LogP contribution in [0.1, 0.15) is 27.3 Å². The highest BCUT2D eigenvalue weighted by Gasteiger charge is 2.08. The Hall–Kier alpha value is -2.27. The molecule has 0 aliphatic carbocycles. The van der Waals surface area contributed by atoms with Gasteiger partial charge >= 0.3 is 0 Å². The van der Waals surface area contributed by atoms with Gasteiger partial charge in [-0.15, -0.1) is 0 Å². The number of amides is 1. The zero-order valence-corrected chi connectivity index (χ0v) is 11.7. The lowest BCUT2D eigenvalue weighted by Crippen LogP contribution is -2.15. The fraction of sp³-hybridized carbons (Fsp3) is 0.267. The Bertz CT molecular complexity index is 588. The number of carbonyl (C=O) groups is 1. The lowest BCUT2D eigenvalue weighted by atomic mass is 10.1. The highest BCUT2D eigenvalue weighted by atomic mass is 16.1. The number of rotatable bonds is 4. The fourth-order valence-electron chi connectivity index (χ4n) is 1.95. The number of hydrogen-bond acceptors (Lipinski definition) is 4. The summed E-state index contributed by atoms with van der Waals surface area (Å²) in [6, 6.07) is 9.23. The van der Waals surface area contributed by atoms with Crippen molar-refractivity contribution in [2.45, 2.75) is 20.3 Å². The zero-order chi connectivity index (χ0) is 14.5. The molecular formula is C15H18N4O. The molecule has 2 rings (SSSR count). The van der Waals surface area contributed by atoms with Crippen LogP contribution in [-0.2, 0) is 6.42 Å². The fourth-order valence-corrected chi connectivity index (χ4v) is 1.95. The predicted octanol–water partition coefficient (Wildman–Crippen LogP) is 1.85. The third kappa shape index (κ3) is 3.61. The Kier molecular flexibility index (Phi) is 4.42. The summed E-state index contributed by atoms with van der Waals surface area (Å²) in [6.45, 7) is 4.33. The van der Waals surface area contributed by atoms with Crippen LogP contribution in [0.5, 0.6) is 0 Å². The molecule has 1 aromatic carbocycles. The van der Waals surface area contributed by atoms with E-state index >= 15 is 0 Å². The molecule has 1 aromatic heterocycles. The first-order chi connectivity index (χ1) is 9.58. The van der Waals surface area contributed by atoms with Crippen LogP contribution in [0.2, 0.25) is 0 Å². The number of nitrogens with two attached hydrogens (primary N) is 1. The number of aromatic nitrogens is 2. The van der Waals surface area contributed by atoms with Crippen LogP contribution in [0.3, 0.4) is 0 Å². The van der Waals surface area contributed by atoms with Gasteiger partial charge in [-0.3, -0.25) is 10.1 Å². The van der Waals surface area contributed by atoms with Crippen LogP contribution < -0.4 is 11.1 Å². The van der Waals surface area contributed by atoms with Crippen molar-refractivity contribution < 1.29 is 4.79 Å². The van der Waals surface area contributed by atoms with Crippen molar-refractivity contribution in [3.8, 4) is 0 Å². The smallest absolute Gasteiger partial charge is 0.258 e. The second-order valence-electron chi connectivity index (χ2n) is 4.66. The molecule has 0 aliphatic rings. The highest BCUT2D eigenvalue weighted by Crippen LogP contribution is 2.09. The van der Waals surface area contributed by atoms with Gasteiger partial charge in [0.25, 0.3) is 5.91 Å². The molecule has 0 aliphatic heterocycles. The number of hydrogen-bond donors (Lipinski definition) is 2. The van der Waals surface area contributed by atoms with E-state index in [9.17, 15) is 4.79 Å². The number of carbonyl (C=O) groups excluding carboxylic acids is 1. The topological polar surface area (TPSA) is 80.9 Å². The van der Waals surface area contributed by atoms with Gasteiger partial charge in [-0.25, -0.2) is 9.97 Å². The molecule has 0 fully saturated rings. The van der Waals surface area contributed by atoms with Crippen molar-refractivity contribution in [1.29, 1.82) is 0 Å². The third-order valence-corrected chi connectivity index (χ3v) is 2.86. The highest BCUT2D eigenvalue weighted by molar-refractivity contribution is 6.03. The Morgan fingerprint density at radius 3 is 2.30 bits per heavy atom. The number of nitrogens with zero attached hydrogens (tertiary/aromatic N) is 2. The molecule has 1 amide bonds. The minimum Gasteiger partial charge on any atom is -0.330 e. The molecule has 3 N–H and O–H groups in total. The van der Waals surface area contributed by atoms with Gasteiger partial charge in [0.05, 0.1) is 0 Å². The van der Waals surface area contributed by atoms with Crippen molar-refractivity contribution in [3.63, 3.8) is 0 Å². The first kappa shape index (κ1) is 14.1. The number of aryl methyl sites for hydroxylation is 2. The monoisotopic (exact) mass is 270 g/mol.